The van der Waals surface area contributed by atoms with Gasteiger partial charge in [0, 0.05) is 10.2 Å². The van der Waals surface area contributed by atoms with Crippen molar-refractivity contribution in [1.82, 2.24) is 5.43 Å². The van der Waals surface area contributed by atoms with E-state index in [0.717, 1.165) is 29.2 Å². The van der Waals surface area contributed by atoms with Gasteiger partial charge in [-0.25, -0.2) is 5.43 Å². The summed E-state index contributed by atoms with van der Waals surface area (Å²) in [6, 6.07) is 7.43. The van der Waals surface area contributed by atoms with Gasteiger partial charge >= 0.3 is 0 Å². The summed E-state index contributed by atoms with van der Waals surface area (Å²) in [6.45, 7) is 0. The molecule has 0 radical (unpaired) electrons. The second-order valence-corrected chi connectivity index (χ2v) is 7.00. The van der Waals surface area contributed by atoms with E-state index < -0.39 is 0 Å². The van der Waals surface area contributed by atoms with E-state index in [1.807, 2.05) is 18.2 Å². The summed E-state index contributed by atoms with van der Waals surface area (Å²) in [6.07, 6.45) is 8.83. The van der Waals surface area contributed by atoms with E-state index in [0.29, 0.717) is 5.56 Å². The highest BCUT2D eigenvalue weighted by atomic mass is 79.9. The summed E-state index contributed by atoms with van der Waals surface area (Å²) in [4.78, 5) is 12.1. The van der Waals surface area contributed by atoms with Gasteiger partial charge in [-0.3, -0.25) is 4.79 Å². The standard InChI is InChI=1S/C17H21BrN2O/c18-16-8-4-3-7-15(16)17(21)20-19-14-10-9-12-5-1-2-6-13(12)11-14/h3-4,7-8,12-13H,1-2,5-6,9-11H2,(H,20,21)/b19-14-/t12-,13-/m0/s1. The lowest BCUT2D eigenvalue weighted by molar-refractivity contribution is 0.0953. The first-order valence-corrected chi connectivity index (χ1v) is 8.63. The number of rotatable bonds is 2. The predicted molar refractivity (Wildman–Crippen MR) is 88.3 cm³/mol. The molecule has 1 aromatic carbocycles. The first-order valence-electron chi connectivity index (χ1n) is 7.84. The molecule has 1 aromatic rings. The molecule has 0 aromatic heterocycles. The summed E-state index contributed by atoms with van der Waals surface area (Å²) < 4.78 is 0.804. The summed E-state index contributed by atoms with van der Waals surface area (Å²) >= 11 is 3.40. The zero-order valence-corrected chi connectivity index (χ0v) is 13.7. The molecule has 2 atom stereocenters. The number of hydrogen-bond donors (Lipinski definition) is 1. The third kappa shape index (κ3) is 3.54. The molecule has 1 amide bonds. The van der Waals surface area contributed by atoms with Crippen molar-refractivity contribution in [2.75, 3.05) is 0 Å². The molecule has 2 aliphatic rings. The van der Waals surface area contributed by atoms with Gasteiger partial charge in [-0.1, -0.05) is 31.4 Å². The highest BCUT2D eigenvalue weighted by Crippen LogP contribution is 2.39. The molecule has 0 bridgehead atoms. The minimum atomic E-state index is -0.138. The van der Waals surface area contributed by atoms with Gasteiger partial charge in [0.05, 0.1) is 5.56 Å². The Hall–Kier alpha value is -1.16. The van der Waals surface area contributed by atoms with Crippen LogP contribution >= 0.6 is 15.9 Å². The minimum Gasteiger partial charge on any atom is -0.267 e. The molecule has 21 heavy (non-hydrogen) atoms. The molecular formula is C17H21BrN2O. The van der Waals surface area contributed by atoms with E-state index in [2.05, 4.69) is 26.5 Å². The topological polar surface area (TPSA) is 41.5 Å². The van der Waals surface area contributed by atoms with Crippen LogP contribution in [0.3, 0.4) is 0 Å². The quantitative estimate of drug-likeness (QED) is 0.784. The number of benzene rings is 1. The number of carbonyl (C=O) groups excluding carboxylic acids is 1. The molecule has 0 heterocycles. The Bertz CT molecular complexity index is 555. The van der Waals surface area contributed by atoms with Gasteiger partial charge in [-0.15, -0.1) is 0 Å². The smallest absolute Gasteiger partial charge is 0.267 e. The summed E-state index contributed by atoms with van der Waals surface area (Å²) in [5.41, 5.74) is 4.52. The van der Waals surface area contributed by atoms with Crippen molar-refractivity contribution in [3.8, 4) is 0 Å². The Balaban J connectivity index is 1.61. The highest BCUT2D eigenvalue weighted by Gasteiger charge is 2.30. The van der Waals surface area contributed by atoms with Crippen molar-refractivity contribution in [2.24, 2.45) is 16.9 Å². The lowest BCUT2D eigenvalue weighted by Crippen LogP contribution is -2.29. The molecule has 112 valence electrons. The van der Waals surface area contributed by atoms with Crippen LogP contribution in [0, 0.1) is 11.8 Å². The van der Waals surface area contributed by atoms with Crippen molar-refractivity contribution in [3.63, 3.8) is 0 Å². The van der Waals surface area contributed by atoms with Gasteiger partial charge in [0.25, 0.3) is 5.91 Å². The molecule has 0 aliphatic heterocycles. The maximum Gasteiger partial charge on any atom is 0.272 e. The zero-order chi connectivity index (χ0) is 14.7. The Labute approximate surface area is 134 Å². The maximum absolute atomic E-state index is 12.1. The molecule has 2 fully saturated rings. The van der Waals surface area contributed by atoms with Crippen LogP contribution in [0.5, 0.6) is 0 Å². The molecule has 0 saturated heterocycles. The first-order chi connectivity index (χ1) is 10.2. The van der Waals surface area contributed by atoms with Crippen molar-refractivity contribution in [2.45, 2.75) is 44.9 Å². The van der Waals surface area contributed by atoms with Crippen LogP contribution in [0.2, 0.25) is 0 Å². The molecular weight excluding hydrogens is 328 g/mol. The Morgan fingerprint density at radius 1 is 1.14 bits per heavy atom. The molecule has 3 rings (SSSR count). The Morgan fingerprint density at radius 2 is 1.90 bits per heavy atom. The van der Waals surface area contributed by atoms with Gasteiger partial charge in [-0.05, 0) is 65.6 Å². The fourth-order valence-electron chi connectivity index (χ4n) is 3.63. The van der Waals surface area contributed by atoms with E-state index in [9.17, 15) is 4.79 Å². The van der Waals surface area contributed by atoms with Gasteiger partial charge in [-0.2, -0.15) is 5.10 Å². The molecule has 2 saturated carbocycles. The number of hydrazone groups is 1. The number of hydrogen-bond acceptors (Lipinski definition) is 2. The number of nitrogens with one attached hydrogen (secondary N) is 1. The molecule has 0 spiro atoms. The van der Waals surface area contributed by atoms with Crippen LogP contribution in [0.25, 0.3) is 0 Å². The lowest BCUT2D eigenvalue weighted by atomic mass is 9.70. The summed E-state index contributed by atoms with van der Waals surface area (Å²) in [7, 11) is 0. The number of fused-ring (bicyclic) bond motifs is 1. The monoisotopic (exact) mass is 348 g/mol. The number of carbonyl (C=O) groups is 1. The molecule has 0 unspecified atom stereocenters. The van der Waals surface area contributed by atoms with E-state index in [4.69, 9.17) is 0 Å². The van der Waals surface area contributed by atoms with Crippen molar-refractivity contribution < 1.29 is 4.79 Å². The van der Waals surface area contributed by atoms with E-state index in [1.165, 1.54) is 37.8 Å². The maximum atomic E-state index is 12.1. The van der Waals surface area contributed by atoms with Crippen LogP contribution in [-0.2, 0) is 0 Å². The molecule has 3 nitrogen and oxygen atoms in total. The Kier molecular flexibility index (Phi) is 4.73. The van der Waals surface area contributed by atoms with Crippen LogP contribution in [-0.4, -0.2) is 11.6 Å². The fraction of sp³-hybridized carbons (Fsp3) is 0.529. The number of amides is 1. The Morgan fingerprint density at radius 3 is 2.71 bits per heavy atom. The van der Waals surface area contributed by atoms with Crippen molar-refractivity contribution in [1.29, 1.82) is 0 Å². The van der Waals surface area contributed by atoms with Crippen LogP contribution in [0.15, 0.2) is 33.8 Å². The number of halogens is 1. The van der Waals surface area contributed by atoms with Crippen LogP contribution in [0.4, 0.5) is 0 Å². The zero-order valence-electron chi connectivity index (χ0n) is 12.1. The van der Waals surface area contributed by atoms with E-state index in [1.54, 1.807) is 6.07 Å². The SMILES string of the molecule is O=C(N/N=C1/CC[C@@H]2CCCC[C@H]2C1)c1ccccc1Br. The average Bonchev–Trinajstić information content (AvgIpc) is 2.53. The second-order valence-electron chi connectivity index (χ2n) is 6.15. The van der Waals surface area contributed by atoms with Gasteiger partial charge in [0.2, 0.25) is 0 Å². The fourth-order valence-corrected chi connectivity index (χ4v) is 4.09. The average molecular weight is 349 g/mol. The van der Waals surface area contributed by atoms with E-state index >= 15 is 0 Å². The minimum absolute atomic E-state index is 0.138. The largest absolute Gasteiger partial charge is 0.272 e. The number of nitrogens with zero attached hydrogens (tertiary/aromatic N) is 1. The highest BCUT2D eigenvalue weighted by molar-refractivity contribution is 9.10. The van der Waals surface area contributed by atoms with E-state index in [-0.39, 0.29) is 5.91 Å². The van der Waals surface area contributed by atoms with Crippen LogP contribution < -0.4 is 5.43 Å². The third-order valence-corrected chi connectivity index (χ3v) is 5.49. The van der Waals surface area contributed by atoms with Crippen molar-refractivity contribution in [3.05, 3.63) is 34.3 Å². The lowest BCUT2D eigenvalue weighted by Gasteiger charge is -2.35. The summed E-state index contributed by atoms with van der Waals surface area (Å²) in [5, 5.41) is 4.39. The van der Waals surface area contributed by atoms with Crippen LogP contribution in [0.1, 0.15) is 55.3 Å². The van der Waals surface area contributed by atoms with Gasteiger partial charge in [0.15, 0.2) is 0 Å². The first kappa shape index (κ1) is 14.8. The van der Waals surface area contributed by atoms with Gasteiger partial charge < -0.3 is 0 Å². The normalized spacial score (nSPS) is 27.2. The summed E-state index contributed by atoms with van der Waals surface area (Å²) in [5.74, 6) is 1.56. The third-order valence-electron chi connectivity index (χ3n) is 4.80. The second kappa shape index (κ2) is 6.73. The molecule has 2 aliphatic carbocycles. The molecule has 1 N–H and O–H groups in total. The molecule has 4 heteroatoms. The van der Waals surface area contributed by atoms with Crippen molar-refractivity contribution >= 4 is 27.5 Å². The predicted octanol–water partition coefficient (Wildman–Crippen LogP) is 4.53. The van der Waals surface area contributed by atoms with Gasteiger partial charge in [0.1, 0.15) is 0 Å².